The molecule has 2 amide bonds. The van der Waals surface area contributed by atoms with Gasteiger partial charge in [0.2, 0.25) is 0 Å². The molecule has 1 aliphatic rings. The van der Waals surface area contributed by atoms with Crippen molar-refractivity contribution in [3.05, 3.63) is 41.7 Å². The fourth-order valence-electron chi connectivity index (χ4n) is 3.89. The molecule has 0 unspecified atom stereocenters. The molecule has 168 valence electrons. The lowest BCUT2D eigenvalue weighted by Gasteiger charge is -2.34. The number of nitrogens with zero attached hydrogens (tertiary/aromatic N) is 5. The predicted molar refractivity (Wildman–Crippen MR) is 118 cm³/mol. The number of carbonyl (C=O) groups excluding carboxylic acids is 2. The number of fused-ring (bicyclic) bond motifs is 1. The minimum absolute atomic E-state index is 0.0405. The molecule has 0 aliphatic carbocycles. The number of hydrogen-bond acceptors (Lipinski definition) is 5. The highest BCUT2D eigenvalue weighted by molar-refractivity contribution is 5.96. The molecule has 0 saturated heterocycles. The van der Waals surface area contributed by atoms with E-state index < -0.39 is 0 Å². The average molecular weight is 428 g/mol. The maximum Gasteiger partial charge on any atom is 0.276 e. The topological polar surface area (TPSA) is 80.6 Å². The van der Waals surface area contributed by atoms with Crippen LogP contribution >= 0.6 is 0 Å². The number of carbonyl (C=O) groups is 2. The highest BCUT2D eigenvalue weighted by Crippen LogP contribution is 2.23. The van der Waals surface area contributed by atoms with Crippen LogP contribution in [0.3, 0.4) is 0 Å². The van der Waals surface area contributed by atoms with Gasteiger partial charge in [-0.3, -0.25) is 14.3 Å². The van der Waals surface area contributed by atoms with E-state index in [0.717, 1.165) is 25.7 Å². The Bertz CT molecular complexity index is 895. The first kappa shape index (κ1) is 22.8. The summed E-state index contributed by atoms with van der Waals surface area (Å²) in [4.78, 5) is 29.9. The number of para-hydroxylation sites is 1. The molecule has 3 rings (SSSR count). The van der Waals surface area contributed by atoms with Gasteiger partial charge in [0, 0.05) is 27.2 Å². The van der Waals surface area contributed by atoms with E-state index in [2.05, 4.69) is 24.2 Å². The van der Waals surface area contributed by atoms with Gasteiger partial charge in [0.15, 0.2) is 5.69 Å². The zero-order valence-corrected chi connectivity index (χ0v) is 19.0. The molecule has 0 spiro atoms. The summed E-state index contributed by atoms with van der Waals surface area (Å²) in [6.45, 7) is 5.80. The van der Waals surface area contributed by atoms with E-state index in [1.54, 1.807) is 24.2 Å². The van der Waals surface area contributed by atoms with E-state index in [1.807, 2.05) is 30.1 Å². The summed E-state index contributed by atoms with van der Waals surface area (Å²) in [7, 11) is 3.59. The van der Waals surface area contributed by atoms with Crippen LogP contribution in [0.25, 0.3) is 0 Å². The lowest BCUT2D eigenvalue weighted by atomic mass is 10.0. The molecule has 0 bridgehead atoms. The van der Waals surface area contributed by atoms with E-state index >= 15 is 0 Å². The van der Waals surface area contributed by atoms with Crippen molar-refractivity contribution in [1.29, 1.82) is 0 Å². The molecule has 0 radical (unpaired) electrons. The molecular formula is C23H33N5O3. The summed E-state index contributed by atoms with van der Waals surface area (Å²) in [5.74, 6) is 0.542. The van der Waals surface area contributed by atoms with Gasteiger partial charge in [-0.2, -0.15) is 0 Å². The molecule has 0 saturated carbocycles. The van der Waals surface area contributed by atoms with Crippen LogP contribution in [0.15, 0.2) is 30.5 Å². The smallest absolute Gasteiger partial charge is 0.276 e. The second-order valence-corrected chi connectivity index (χ2v) is 8.54. The van der Waals surface area contributed by atoms with Crippen molar-refractivity contribution in [2.75, 3.05) is 26.7 Å². The largest absolute Gasteiger partial charge is 0.491 e. The van der Waals surface area contributed by atoms with Crippen LogP contribution in [-0.2, 0) is 7.05 Å². The standard InChI is InChI=1S/C23H33N5O3/c1-17(2)20-16-31-21-12-8-7-11-18(21)22(29)26(3)13-9-5-6-10-14-28(20)23(30)19-15-27(4)25-24-19/h7-8,11-12,15,17,20H,5-6,9-10,13-14,16H2,1-4H3/t20-/m1/s1. The van der Waals surface area contributed by atoms with E-state index in [9.17, 15) is 9.59 Å². The number of rotatable bonds is 2. The summed E-state index contributed by atoms with van der Waals surface area (Å²) in [6.07, 6.45) is 5.47. The Morgan fingerprint density at radius 1 is 1.10 bits per heavy atom. The molecule has 2 heterocycles. The van der Waals surface area contributed by atoms with Crippen LogP contribution in [0.1, 0.15) is 60.4 Å². The van der Waals surface area contributed by atoms with Crippen molar-refractivity contribution in [2.24, 2.45) is 13.0 Å². The molecular weight excluding hydrogens is 394 g/mol. The minimum atomic E-state index is -0.154. The van der Waals surface area contributed by atoms with Gasteiger partial charge in [0.05, 0.1) is 17.8 Å². The number of amides is 2. The molecule has 0 fully saturated rings. The van der Waals surface area contributed by atoms with Crippen molar-refractivity contribution in [2.45, 2.75) is 45.6 Å². The molecule has 1 aromatic heterocycles. The number of aromatic nitrogens is 3. The maximum absolute atomic E-state index is 13.3. The third-order valence-corrected chi connectivity index (χ3v) is 5.77. The number of benzene rings is 1. The molecule has 8 nitrogen and oxygen atoms in total. The average Bonchev–Trinajstić information content (AvgIpc) is 3.19. The Labute approximate surface area is 184 Å². The Hall–Kier alpha value is -2.90. The molecule has 1 aromatic carbocycles. The van der Waals surface area contributed by atoms with Gasteiger partial charge >= 0.3 is 0 Å². The molecule has 0 N–H and O–H groups in total. The van der Waals surface area contributed by atoms with Gasteiger partial charge in [0.25, 0.3) is 11.8 Å². The molecule has 1 atom stereocenters. The van der Waals surface area contributed by atoms with Crippen molar-refractivity contribution < 1.29 is 14.3 Å². The monoisotopic (exact) mass is 427 g/mol. The predicted octanol–water partition coefficient (Wildman–Crippen LogP) is 3.01. The van der Waals surface area contributed by atoms with Gasteiger partial charge in [-0.15, -0.1) is 5.10 Å². The summed E-state index contributed by atoms with van der Waals surface area (Å²) >= 11 is 0. The number of ether oxygens (including phenoxy) is 1. The maximum atomic E-state index is 13.3. The van der Waals surface area contributed by atoms with Crippen molar-refractivity contribution in [3.63, 3.8) is 0 Å². The number of hydrogen-bond donors (Lipinski definition) is 0. The lowest BCUT2D eigenvalue weighted by molar-refractivity contribution is 0.0517. The SMILES string of the molecule is CC(C)[C@H]1COc2ccccc2C(=O)N(C)CCCCCCN1C(=O)c1cn(C)nn1. The molecule has 2 aromatic rings. The Morgan fingerprint density at radius 3 is 2.48 bits per heavy atom. The van der Waals surface area contributed by atoms with Gasteiger partial charge in [-0.05, 0) is 30.9 Å². The first-order chi connectivity index (χ1) is 14.9. The molecule has 1 aliphatic heterocycles. The van der Waals surface area contributed by atoms with Crippen LogP contribution < -0.4 is 4.74 Å². The summed E-state index contributed by atoms with van der Waals surface area (Å²) in [5.41, 5.74) is 0.892. The van der Waals surface area contributed by atoms with E-state index in [-0.39, 0.29) is 23.8 Å². The normalized spacial score (nSPS) is 19.0. The van der Waals surface area contributed by atoms with Crippen molar-refractivity contribution in [1.82, 2.24) is 24.8 Å². The molecule has 31 heavy (non-hydrogen) atoms. The quantitative estimate of drug-likeness (QED) is 0.736. The minimum Gasteiger partial charge on any atom is -0.491 e. The Morgan fingerprint density at radius 2 is 1.81 bits per heavy atom. The second-order valence-electron chi connectivity index (χ2n) is 8.54. The van der Waals surface area contributed by atoms with Crippen molar-refractivity contribution >= 4 is 11.8 Å². The third kappa shape index (κ3) is 5.62. The van der Waals surface area contributed by atoms with Crippen LogP contribution in [0.2, 0.25) is 0 Å². The summed E-state index contributed by atoms with van der Waals surface area (Å²) in [5, 5.41) is 7.95. The zero-order valence-electron chi connectivity index (χ0n) is 19.0. The van der Waals surface area contributed by atoms with E-state index in [4.69, 9.17) is 4.74 Å². The molecule has 8 heteroatoms. The number of aryl methyl sites for hydroxylation is 1. The highest BCUT2D eigenvalue weighted by atomic mass is 16.5. The highest BCUT2D eigenvalue weighted by Gasteiger charge is 2.30. The third-order valence-electron chi connectivity index (χ3n) is 5.77. The van der Waals surface area contributed by atoms with Gasteiger partial charge < -0.3 is 14.5 Å². The second kappa shape index (κ2) is 10.4. The van der Waals surface area contributed by atoms with E-state index in [0.29, 0.717) is 36.7 Å². The van der Waals surface area contributed by atoms with Gasteiger partial charge in [0.1, 0.15) is 12.4 Å². The first-order valence-electron chi connectivity index (χ1n) is 11.0. The van der Waals surface area contributed by atoms with Gasteiger partial charge in [-0.1, -0.05) is 44.0 Å². The first-order valence-corrected chi connectivity index (χ1v) is 11.0. The van der Waals surface area contributed by atoms with E-state index in [1.165, 1.54) is 4.68 Å². The summed E-state index contributed by atoms with van der Waals surface area (Å²) < 4.78 is 7.70. The van der Waals surface area contributed by atoms with Crippen LogP contribution in [0.4, 0.5) is 0 Å². The Balaban J connectivity index is 1.91. The fraction of sp³-hybridized carbons (Fsp3) is 0.565. The van der Waals surface area contributed by atoms with Crippen molar-refractivity contribution in [3.8, 4) is 5.75 Å². The van der Waals surface area contributed by atoms with Crippen LogP contribution in [-0.4, -0.2) is 69.4 Å². The fourth-order valence-corrected chi connectivity index (χ4v) is 3.89. The Kier molecular flexibility index (Phi) is 7.65. The lowest BCUT2D eigenvalue weighted by Crippen LogP contribution is -2.47. The van der Waals surface area contributed by atoms with Gasteiger partial charge in [-0.25, -0.2) is 0 Å². The van der Waals surface area contributed by atoms with Crippen LogP contribution in [0.5, 0.6) is 5.75 Å². The summed E-state index contributed by atoms with van der Waals surface area (Å²) in [6, 6.07) is 7.17. The zero-order chi connectivity index (χ0) is 22.4. The van der Waals surface area contributed by atoms with Crippen LogP contribution in [0, 0.1) is 5.92 Å².